The number of ether oxygens (including phenoxy) is 1. The molecular weight excluding hydrogens is 400 g/mol. The van der Waals surface area contributed by atoms with Crippen molar-refractivity contribution in [2.45, 2.75) is 31.3 Å². The van der Waals surface area contributed by atoms with Crippen LogP contribution >= 0.6 is 0 Å². The van der Waals surface area contributed by atoms with Crippen LogP contribution in [0.5, 0.6) is 5.75 Å². The Hall–Kier alpha value is -4.05. The maximum Gasteiger partial charge on any atom is 0.268 e. The Morgan fingerprint density at radius 3 is 2.77 bits per heavy atom. The number of carbonyl (C=O) groups excluding carboxylic acids is 3. The zero-order valence-corrected chi connectivity index (χ0v) is 16.9. The molecule has 0 unspecified atom stereocenters. The van der Waals surface area contributed by atoms with Crippen LogP contribution in [0.2, 0.25) is 0 Å². The molecule has 0 aliphatic carbocycles. The van der Waals surface area contributed by atoms with Crippen molar-refractivity contribution in [3.63, 3.8) is 0 Å². The van der Waals surface area contributed by atoms with Gasteiger partial charge in [0.05, 0.1) is 25.7 Å². The Labute approximate surface area is 178 Å². The molecule has 1 aliphatic rings. The first-order chi connectivity index (χ1) is 15.0. The van der Waals surface area contributed by atoms with Crippen LogP contribution in [0.1, 0.15) is 29.8 Å². The van der Waals surface area contributed by atoms with Gasteiger partial charge in [-0.15, -0.1) is 0 Å². The summed E-state index contributed by atoms with van der Waals surface area (Å²) in [4.78, 5) is 40.0. The number of benzene rings is 1. The van der Waals surface area contributed by atoms with E-state index in [1.54, 1.807) is 24.3 Å². The lowest BCUT2D eigenvalue weighted by atomic mass is 9.99. The monoisotopic (exact) mass is 422 g/mol. The molecule has 1 aromatic heterocycles. The third-order valence-corrected chi connectivity index (χ3v) is 5.16. The van der Waals surface area contributed by atoms with Gasteiger partial charge in [-0.05, 0) is 31.0 Å². The number of rotatable bonds is 8. The summed E-state index contributed by atoms with van der Waals surface area (Å²) in [6.07, 6.45) is 0.487. The Kier molecular flexibility index (Phi) is 6.73. The molecule has 31 heavy (non-hydrogen) atoms. The van der Waals surface area contributed by atoms with Gasteiger partial charge >= 0.3 is 0 Å². The van der Waals surface area contributed by atoms with Crippen LogP contribution in [0.4, 0.5) is 0 Å². The number of aromatic nitrogens is 1. The highest BCUT2D eigenvalue weighted by Gasteiger charge is 2.30. The van der Waals surface area contributed by atoms with Crippen LogP contribution in [0.25, 0.3) is 10.9 Å². The minimum Gasteiger partial charge on any atom is -0.496 e. The van der Waals surface area contributed by atoms with Crippen molar-refractivity contribution in [2.75, 3.05) is 13.7 Å². The molecule has 1 saturated heterocycles. The minimum atomic E-state index is -1.15. The summed E-state index contributed by atoms with van der Waals surface area (Å²) < 4.78 is 5.28. The standard InChI is InChI=1S/C21H22N6O4/c1-31-18-4-2-3-15-14(18)10-17(26-15)21(30)27-16(5-7-22)20(29)25-13(11-23)9-12-6-8-24-19(12)28/h2-4,10,12-13,16,26H,5-6,8-9H2,1H3,(H,24,28)(H,25,29)(H,27,30)/t12-,13-,16-/m0/s1. The third-order valence-electron chi connectivity index (χ3n) is 5.16. The van der Waals surface area contributed by atoms with Crippen molar-refractivity contribution < 1.29 is 19.1 Å². The van der Waals surface area contributed by atoms with Crippen molar-refractivity contribution >= 4 is 28.6 Å². The number of nitrogens with zero attached hydrogens (tertiary/aromatic N) is 2. The molecule has 0 radical (unpaired) electrons. The first kappa shape index (κ1) is 21.7. The molecule has 3 rings (SSSR count). The maximum absolute atomic E-state index is 12.7. The van der Waals surface area contributed by atoms with Gasteiger partial charge in [-0.1, -0.05) is 6.07 Å². The summed E-state index contributed by atoms with van der Waals surface area (Å²) >= 11 is 0. The lowest BCUT2D eigenvalue weighted by Crippen LogP contribution is -2.49. The second kappa shape index (κ2) is 9.63. The summed E-state index contributed by atoms with van der Waals surface area (Å²) in [5.41, 5.74) is 0.889. The number of hydrogen-bond donors (Lipinski definition) is 4. The average Bonchev–Trinajstić information content (AvgIpc) is 3.38. The predicted molar refractivity (Wildman–Crippen MR) is 110 cm³/mol. The highest BCUT2D eigenvalue weighted by atomic mass is 16.5. The molecule has 0 spiro atoms. The Balaban J connectivity index is 1.69. The SMILES string of the molecule is COc1cccc2[nH]c(C(=O)N[C@@H](CC#N)C(=O)N[C@H](C#N)C[C@@H]3CCNC3=O)cc12. The average molecular weight is 422 g/mol. The van der Waals surface area contributed by atoms with E-state index in [0.29, 0.717) is 29.6 Å². The fourth-order valence-corrected chi connectivity index (χ4v) is 3.53. The van der Waals surface area contributed by atoms with Gasteiger partial charge < -0.3 is 25.7 Å². The van der Waals surface area contributed by atoms with E-state index in [1.807, 2.05) is 12.1 Å². The van der Waals surface area contributed by atoms with E-state index in [9.17, 15) is 19.6 Å². The largest absolute Gasteiger partial charge is 0.496 e. The molecule has 0 bridgehead atoms. The van der Waals surface area contributed by atoms with Gasteiger partial charge in [-0.3, -0.25) is 14.4 Å². The van der Waals surface area contributed by atoms with Crippen LogP contribution < -0.4 is 20.7 Å². The van der Waals surface area contributed by atoms with Crippen molar-refractivity contribution in [3.8, 4) is 17.9 Å². The molecular formula is C21H22N6O4. The fraction of sp³-hybridized carbons (Fsp3) is 0.381. The Morgan fingerprint density at radius 2 is 2.13 bits per heavy atom. The van der Waals surface area contributed by atoms with E-state index in [4.69, 9.17) is 10.00 Å². The molecule has 3 atom stereocenters. The van der Waals surface area contributed by atoms with E-state index in [1.165, 1.54) is 7.11 Å². The Morgan fingerprint density at radius 1 is 1.32 bits per heavy atom. The quantitative estimate of drug-likeness (QED) is 0.490. The van der Waals surface area contributed by atoms with Crippen LogP contribution in [0.15, 0.2) is 24.3 Å². The van der Waals surface area contributed by atoms with Gasteiger partial charge in [0, 0.05) is 23.4 Å². The Bertz CT molecular complexity index is 1080. The van der Waals surface area contributed by atoms with Gasteiger partial charge in [0.1, 0.15) is 23.5 Å². The van der Waals surface area contributed by atoms with E-state index >= 15 is 0 Å². The predicted octanol–water partition coefficient (Wildman–Crippen LogP) is 0.723. The van der Waals surface area contributed by atoms with E-state index in [2.05, 4.69) is 20.9 Å². The number of H-pyrrole nitrogens is 1. The van der Waals surface area contributed by atoms with Crippen molar-refractivity contribution in [2.24, 2.45) is 5.92 Å². The zero-order chi connectivity index (χ0) is 22.4. The summed E-state index contributed by atoms with van der Waals surface area (Å²) in [6.45, 7) is 0.540. The van der Waals surface area contributed by atoms with Crippen LogP contribution in [-0.4, -0.2) is 48.4 Å². The molecule has 1 fully saturated rings. The van der Waals surface area contributed by atoms with Gasteiger partial charge in [0.2, 0.25) is 11.8 Å². The zero-order valence-electron chi connectivity index (χ0n) is 16.9. The molecule has 2 heterocycles. The number of fused-ring (bicyclic) bond motifs is 1. The highest BCUT2D eigenvalue weighted by Crippen LogP contribution is 2.26. The lowest BCUT2D eigenvalue weighted by Gasteiger charge is -2.19. The van der Waals surface area contributed by atoms with Crippen LogP contribution in [0.3, 0.4) is 0 Å². The molecule has 1 aliphatic heterocycles. The minimum absolute atomic E-state index is 0.148. The second-order valence-electron chi connectivity index (χ2n) is 7.20. The number of amides is 3. The van der Waals surface area contributed by atoms with Crippen molar-refractivity contribution in [1.82, 2.24) is 20.9 Å². The van der Waals surface area contributed by atoms with E-state index in [0.717, 1.165) is 0 Å². The topological polar surface area (TPSA) is 160 Å². The number of nitrogens with one attached hydrogen (secondary N) is 4. The first-order valence-electron chi connectivity index (χ1n) is 9.78. The number of nitriles is 2. The number of aromatic amines is 1. The van der Waals surface area contributed by atoms with Crippen molar-refractivity contribution in [3.05, 3.63) is 30.0 Å². The molecule has 3 amide bonds. The van der Waals surface area contributed by atoms with Crippen LogP contribution in [0, 0.1) is 28.6 Å². The molecule has 10 nitrogen and oxygen atoms in total. The number of methoxy groups -OCH3 is 1. The highest BCUT2D eigenvalue weighted by molar-refractivity contribution is 6.01. The molecule has 10 heteroatoms. The fourth-order valence-electron chi connectivity index (χ4n) is 3.53. The molecule has 0 saturated carbocycles. The summed E-state index contributed by atoms with van der Waals surface area (Å²) in [5.74, 6) is -1.14. The normalized spacial score (nSPS) is 17.1. The van der Waals surface area contributed by atoms with Gasteiger partial charge in [-0.2, -0.15) is 10.5 Å². The number of hydrogen-bond acceptors (Lipinski definition) is 6. The van der Waals surface area contributed by atoms with Crippen LogP contribution in [-0.2, 0) is 9.59 Å². The summed E-state index contributed by atoms with van der Waals surface area (Å²) in [6, 6.07) is 8.69. The smallest absolute Gasteiger partial charge is 0.268 e. The van der Waals surface area contributed by atoms with Crippen molar-refractivity contribution in [1.29, 1.82) is 10.5 Å². The third kappa shape index (κ3) is 4.93. The van der Waals surface area contributed by atoms with Gasteiger partial charge in [0.15, 0.2) is 0 Å². The second-order valence-corrected chi connectivity index (χ2v) is 7.20. The van der Waals surface area contributed by atoms with Gasteiger partial charge in [-0.25, -0.2) is 0 Å². The molecule has 4 N–H and O–H groups in total. The number of carbonyl (C=O) groups is 3. The maximum atomic E-state index is 12.7. The molecule has 160 valence electrons. The first-order valence-corrected chi connectivity index (χ1v) is 9.78. The van der Waals surface area contributed by atoms with E-state index < -0.39 is 23.9 Å². The molecule has 2 aromatic rings. The summed E-state index contributed by atoms with van der Waals surface area (Å²) in [7, 11) is 1.52. The van der Waals surface area contributed by atoms with E-state index in [-0.39, 0.29) is 30.4 Å². The molecule has 1 aromatic carbocycles. The summed E-state index contributed by atoms with van der Waals surface area (Å²) in [5, 5.41) is 26.9. The lowest BCUT2D eigenvalue weighted by molar-refractivity contribution is -0.125. The van der Waals surface area contributed by atoms with Gasteiger partial charge in [0.25, 0.3) is 5.91 Å².